The van der Waals surface area contributed by atoms with E-state index in [2.05, 4.69) is 6.92 Å². The van der Waals surface area contributed by atoms with Crippen molar-refractivity contribution in [1.29, 1.82) is 0 Å². The first kappa shape index (κ1) is 14.4. The van der Waals surface area contributed by atoms with E-state index in [1.165, 1.54) is 31.4 Å². The van der Waals surface area contributed by atoms with Crippen LogP contribution in [0.5, 0.6) is 0 Å². The highest BCUT2D eigenvalue weighted by atomic mass is 32.1. The average Bonchev–Trinajstić information content (AvgIpc) is 2.38. The van der Waals surface area contributed by atoms with Crippen LogP contribution in [0.3, 0.4) is 0 Å². The molecular formula is C15H20FNOS. The first-order valence-electron chi connectivity index (χ1n) is 6.77. The lowest BCUT2D eigenvalue weighted by atomic mass is 9.88. The molecule has 1 saturated carbocycles. The first-order valence-corrected chi connectivity index (χ1v) is 7.18. The van der Waals surface area contributed by atoms with Gasteiger partial charge >= 0.3 is 0 Å². The van der Waals surface area contributed by atoms with E-state index in [4.69, 9.17) is 22.7 Å². The quantitative estimate of drug-likeness (QED) is 0.857. The second kappa shape index (κ2) is 6.44. The Kier molecular flexibility index (Phi) is 4.88. The molecule has 2 N–H and O–H groups in total. The van der Waals surface area contributed by atoms with Gasteiger partial charge in [0.2, 0.25) is 0 Å². The second-order valence-electron chi connectivity index (χ2n) is 5.28. The van der Waals surface area contributed by atoms with E-state index in [1.54, 1.807) is 6.07 Å². The zero-order chi connectivity index (χ0) is 13.8. The van der Waals surface area contributed by atoms with Crippen molar-refractivity contribution in [3.05, 3.63) is 35.1 Å². The van der Waals surface area contributed by atoms with Gasteiger partial charge in [0.25, 0.3) is 0 Å². The molecule has 0 radical (unpaired) electrons. The van der Waals surface area contributed by atoms with E-state index in [1.807, 2.05) is 0 Å². The summed E-state index contributed by atoms with van der Waals surface area (Å²) in [6.07, 6.45) is 5.12. The number of halogens is 1. The number of hydrogen-bond donors (Lipinski definition) is 1. The third-order valence-electron chi connectivity index (χ3n) is 3.82. The number of benzene rings is 1. The van der Waals surface area contributed by atoms with Gasteiger partial charge in [0.1, 0.15) is 10.8 Å². The lowest BCUT2D eigenvalue weighted by Crippen LogP contribution is -2.26. The maximum atomic E-state index is 13.2. The highest BCUT2D eigenvalue weighted by molar-refractivity contribution is 7.80. The highest BCUT2D eigenvalue weighted by Gasteiger charge is 2.22. The van der Waals surface area contributed by atoms with Crippen LogP contribution in [-0.2, 0) is 11.3 Å². The molecule has 1 fully saturated rings. The molecule has 1 aromatic carbocycles. The molecule has 1 aliphatic carbocycles. The minimum Gasteiger partial charge on any atom is -0.389 e. The van der Waals surface area contributed by atoms with Crippen molar-refractivity contribution >= 4 is 17.2 Å². The van der Waals surface area contributed by atoms with Crippen LogP contribution in [0.4, 0.5) is 4.39 Å². The van der Waals surface area contributed by atoms with Gasteiger partial charge < -0.3 is 10.5 Å². The molecule has 2 nitrogen and oxygen atoms in total. The summed E-state index contributed by atoms with van der Waals surface area (Å²) >= 11 is 4.96. The highest BCUT2D eigenvalue weighted by Crippen LogP contribution is 2.27. The summed E-state index contributed by atoms with van der Waals surface area (Å²) in [5.74, 6) is 0.264. The monoisotopic (exact) mass is 281 g/mol. The predicted octanol–water partition coefficient (Wildman–Crippen LogP) is 3.56. The Labute approximate surface area is 119 Å². The summed E-state index contributed by atoms with van der Waals surface area (Å²) in [6.45, 7) is 2.67. The molecule has 0 aliphatic heterocycles. The molecule has 1 aliphatic rings. The van der Waals surface area contributed by atoms with Gasteiger partial charge in [-0.05, 0) is 36.5 Å². The van der Waals surface area contributed by atoms with Crippen molar-refractivity contribution in [2.24, 2.45) is 11.7 Å². The predicted molar refractivity (Wildman–Crippen MR) is 78.5 cm³/mol. The second-order valence-corrected chi connectivity index (χ2v) is 5.72. The van der Waals surface area contributed by atoms with E-state index in [0.29, 0.717) is 18.1 Å². The van der Waals surface area contributed by atoms with Crippen molar-refractivity contribution in [2.45, 2.75) is 45.3 Å². The molecule has 2 atom stereocenters. The fraction of sp³-hybridized carbons (Fsp3) is 0.533. The first-order chi connectivity index (χ1) is 9.08. The van der Waals surface area contributed by atoms with Crippen LogP contribution in [0, 0.1) is 11.7 Å². The topological polar surface area (TPSA) is 35.2 Å². The molecule has 19 heavy (non-hydrogen) atoms. The third kappa shape index (κ3) is 3.74. The molecule has 0 aromatic heterocycles. The minimum atomic E-state index is -0.322. The zero-order valence-electron chi connectivity index (χ0n) is 11.2. The lowest BCUT2D eigenvalue weighted by Gasteiger charge is -2.29. The Balaban J connectivity index is 2.04. The molecule has 104 valence electrons. The molecule has 0 amide bonds. The van der Waals surface area contributed by atoms with E-state index in [9.17, 15) is 4.39 Å². The largest absolute Gasteiger partial charge is 0.389 e. The number of ether oxygens (including phenoxy) is 1. The molecule has 1 aromatic rings. The summed E-state index contributed by atoms with van der Waals surface area (Å²) in [6, 6.07) is 4.51. The fourth-order valence-corrected chi connectivity index (χ4v) is 2.82. The van der Waals surface area contributed by atoms with E-state index in [0.717, 1.165) is 12.0 Å². The number of nitrogens with two attached hydrogens (primary N) is 1. The van der Waals surface area contributed by atoms with Gasteiger partial charge in [-0.2, -0.15) is 0 Å². The van der Waals surface area contributed by atoms with Gasteiger partial charge in [0.05, 0.1) is 12.7 Å². The minimum absolute atomic E-state index is 0.217. The molecule has 0 saturated heterocycles. The Morgan fingerprint density at radius 1 is 1.42 bits per heavy atom. The van der Waals surface area contributed by atoms with Crippen molar-refractivity contribution in [3.63, 3.8) is 0 Å². The van der Waals surface area contributed by atoms with E-state index >= 15 is 0 Å². The molecular weight excluding hydrogens is 261 g/mol. The van der Waals surface area contributed by atoms with Crippen LogP contribution < -0.4 is 5.73 Å². The van der Waals surface area contributed by atoms with Crippen LogP contribution in [0.15, 0.2) is 18.2 Å². The van der Waals surface area contributed by atoms with Gasteiger partial charge in [-0.1, -0.05) is 38.0 Å². The maximum Gasteiger partial charge on any atom is 0.123 e. The molecule has 4 heteroatoms. The Morgan fingerprint density at radius 3 is 2.84 bits per heavy atom. The molecule has 0 heterocycles. The van der Waals surface area contributed by atoms with Gasteiger partial charge in [-0.3, -0.25) is 0 Å². The van der Waals surface area contributed by atoms with Crippen LogP contribution in [0.2, 0.25) is 0 Å². The van der Waals surface area contributed by atoms with Gasteiger partial charge in [0, 0.05) is 5.56 Å². The van der Waals surface area contributed by atoms with Crippen molar-refractivity contribution in [1.82, 2.24) is 0 Å². The van der Waals surface area contributed by atoms with Gasteiger partial charge in [-0.15, -0.1) is 0 Å². The normalized spacial score (nSPS) is 23.3. The smallest absolute Gasteiger partial charge is 0.123 e. The SMILES string of the molecule is CC1CCCCC1OCc1ccc(F)cc1C(N)=S. The third-order valence-corrected chi connectivity index (χ3v) is 4.04. The van der Waals surface area contributed by atoms with Gasteiger partial charge in [-0.25, -0.2) is 4.39 Å². The van der Waals surface area contributed by atoms with Crippen LogP contribution in [0.1, 0.15) is 43.7 Å². The summed E-state index contributed by atoms with van der Waals surface area (Å²) in [4.78, 5) is 0.217. The van der Waals surface area contributed by atoms with Gasteiger partial charge in [0.15, 0.2) is 0 Å². The summed E-state index contributed by atoms with van der Waals surface area (Å²) < 4.78 is 19.2. The average molecular weight is 281 g/mol. The molecule has 2 unspecified atom stereocenters. The standard InChI is InChI=1S/C15H20FNOS/c1-10-4-2-3-5-14(10)18-9-11-6-7-12(16)8-13(11)15(17)19/h6-8,10,14H,2-5,9H2,1H3,(H2,17,19). The summed E-state index contributed by atoms with van der Waals surface area (Å²) in [7, 11) is 0. The van der Waals surface area contributed by atoms with E-state index in [-0.39, 0.29) is 16.9 Å². The number of hydrogen-bond acceptors (Lipinski definition) is 2. The zero-order valence-corrected chi connectivity index (χ0v) is 12.0. The van der Waals surface area contributed by atoms with Crippen molar-refractivity contribution in [3.8, 4) is 0 Å². The molecule has 0 spiro atoms. The summed E-state index contributed by atoms with van der Waals surface area (Å²) in [5.41, 5.74) is 7.08. The number of thiocarbonyl (C=S) groups is 1. The lowest BCUT2D eigenvalue weighted by molar-refractivity contribution is -0.0155. The number of rotatable bonds is 4. The molecule has 0 bridgehead atoms. The molecule has 2 rings (SSSR count). The van der Waals surface area contributed by atoms with Crippen LogP contribution in [0.25, 0.3) is 0 Å². The van der Waals surface area contributed by atoms with E-state index < -0.39 is 0 Å². The fourth-order valence-electron chi connectivity index (χ4n) is 2.63. The Hall–Kier alpha value is -1.00. The Morgan fingerprint density at radius 2 is 2.16 bits per heavy atom. The Bertz CT molecular complexity index is 463. The summed E-state index contributed by atoms with van der Waals surface area (Å²) in [5, 5.41) is 0. The van der Waals surface area contributed by atoms with Crippen LogP contribution >= 0.6 is 12.2 Å². The van der Waals surface area contributed by atoms with Crippen LogP contribution in [-0.4, -0.2) is 11.1 Å². The van der Waals surface area contributed by atoms with Crippen molar-refractivity contribution < 1.29 is 9.13 Å². The maximum absolute atomic E-state index is 13.2. The van der Waals surface area contributed by atoms with Crippen molar-refractivity contribution in [2.75, 3.05) is 0 Å².